The zero-order valence-corrected chi connectivity index (χ0v) is 16.1. The molecule has 5 nitrogen and oxygen atoms in total. The number of benzene rings is 2. The van der Waals surface area contributed by atoms with Crippen molar-refractivity contribution in [1.29, 1.82) is 0 Å². The number of rotatable bonds is 4. The fourth-order valence-electron chi connectivity index (χ4n) is 4.38. The number of methoxy groups -OCH3 is 1. The van der Waals surface area contributed by atoms with Gasteiger partial charge in [0.2, 0.25) is 5.91 Å². The number of nitrogens with zero attached hydrogens (tertiary/aromatic N) is 1. The maximum absolute atomic E-state index is 12.6. The van der Waals surface area contributed by atoms with Crippen molar-refractivity contribution >= 4 is 22.8 Å². The number of H-pyrrole nitrogens is 1. The lowest BCUT2D eigenvalue weighted by molar-refractivity contribution is -0.155. The minimum Gasteiger partial charge on any atom is -0.467 e. The van der Waals surface area contributed by atoms with Crippen molar-refractivity contribution in [3.63, 3.8) is 0 Å². The molecule has 0 fully saturated rings. The molecule has 2 aromatic carbocycles. The van der Waals surface area contributed by atoms with Crippen molar-refractivity contribution in [1.82, 2.24) is 9.88 Å². The molecule has 4 rings (SSSR count). The van der Waals surface area contributed by atoms with Crippen LogP contribution >= 0.6 is 0 Å². The number of hydrogen-bond acceptors (Lipinski definition) is 3. The van der Waals surface area contributed by atoms with Crippen LogP contribution in [0.15, 0.2) is 54.6 Å². The maximum Gasteiger partial charge on any atom is 0.328 e. The normalized spacial score (nSPS) is 18.7. The second-order valence-electron chi connectivity index (χ2n) is 7.27. The van der Waals surface area contributed by atoms with Gasteiger partial charge >= 0.3 is 5.97 Å². The quantitative estimate of drug-likeness (QED) is 0.705. The van der Waals surface area contributed by atoms with Gasteiger partial charge in [-0.3, -0.25) is 4.79 Å². The van der Waals surface area contributed by atoms with Crippen LogP contribution in [0.1, 0.15) is 36.2 Å². The number of nitrogens with one attached hydrogen (secondary N) is 1. The van der Waals surface area contributed by atoms with Gasteiger partial charge in [0.05, 0.1) is 13.2 Å². The summed E-state index contributed by atoms with van der Waals surface area (Å²) in [7, 11) is 1.38. The summed E-state index contributed by atoms with van der Waals surface area (Å²) >= 11 is 0. The summed E-state index contributed by atoms with van der Waals surface area (Å²) in [6, 6.07) is 17.5. The Morgan fingerprint density at radius 2 is 1.82 bits per heavy atom. The first-order chi connectivity index (χ1) is 13.6. The lowest BCUT2D eigenvalue weighted by atomic mass is 9.88. The van der Waals surface area contributed by atoms with Crippen LogP contribution in [0.4, 0.5) is 0 Å². The van der Waals surface area contributed by atoms with Crippen molar-refractivity contribution in [2.24, 2.45) is 0 Å². The minimum absolute atomic E-state index is 0.113. The van der Waals surface area contributed by atoms with Gasteiger partial charge < -0.3 is 14.6 Å². The zero-order valence-electron chi connectivity index (χ0n) is 16.1. The summed E-state index contributed by atoms with van der Waals surface area (Å²) in [5.41, 5.74) is 4.39. The molecule has 144 valence electrons. The van der Waals surface area contributed by atoms with E-state index in [1.54, 1.807) is 4.90 Å². The number of ether oxygens (including phenoxy) is 1. The molecular formula is C23H24N2O3. The van der Waals surface area contributed by atoms with Crippen molar-refractivity contribution < 1.29 is 14.3 Å². The first-order valence-electron chi connectivity index (χ1n) is 9.60. The van der Waals surface area contributed by atoms with Crippen molar-refractivity contribution in [2.45, 2.75) is 38.3 Å². The fourth-order valence-corrected chi connectivity index (χ4v) is 4.38. The Kier molecular flexibility index (Phi) is 4.90. The van der Waals surface area contributed by atoms with Gasteiger partial charge in [0.25, 0.3) is 0 Å². The van der Waals surface area contributed by atoms with Gasteiger partial charge in [0.15, 0.2) is 0 Å². The first kappa shape index (κ1) is 18.3. The highest BCUT2D eigenvalue weighted by atomic mass is 16.5. The first-order valence-corrected chi connectivity index (χ1v) is 9.60. The smallest absolute Gasteiger partial charge is 0.328 e. The molecule has 2 heterocycles. The average Bonchev–Trinajstić information content (AvgIpc) is 3.10. The monoisotopic (exact) mass is 376 g/mol. The molecule has 2 atom stereocenters. The molecule has 0 aliphatic carbocycles. The van der Waals surface area contributed by atoms with E-state index < -0.39 is 6.04 Å². The molecule has 1 N–H and O–H groups in total. The second-order valence-corrected chi connectivity index (χ2v) is 7.27. The molecule has 0 saturated heterocycles. The van der Waals surface area contributed by atoms with Crippen LogP contribution in [-0.2, 0) is 27.2 Å². The molecule has 1 amide bonds. The lowest BCUT2D eigenvalue weighted by Gasteiger charge is -2.40. The largest absolute Gasteiger partial charge is 0.467 e. The summed E-state index contributed by atoms with van der Waals surface area (Å²) in [6.45, 7) is 1.53. The standard InChI is InChI=1S/C23H24N2O3/c1-15(26)25-20(13-12-16-8-4-3-5-9-16)22-18(14-21(25)23(27)28-2)17-10-6-7-11-19(17)24-22/h3-11,20-21,24H,12-14H2,1-2H3/t20?,21-/m0/s1. The number of amides is 1. The van der Waals surface area contributed by atoms with E-state index >= 15 is 0 Å². The Morgan fingerprint density at radius 1 is 1.11 bits per heavy atom. The van der Waals surface area contributed by atoms with E-state index in [1.165, 1.54) is 19.6 Å². The van der Waals surface area contributed by atoms with Crippen LogP contribution in [-0.4, -0.2) is 34.9 Å². The molecule has 1 unspecified atom stereocenters. The topological polar surface area (TPSA) is 62.4 Å². The number of para-hydroxylation sites is 1. The Hall–Kier alpha value is -3.08. The van der Waals surface area contributed by atoms with E-state index in [1.807, 2.05) is 36.4 Å². The Labute approximate surface area is 164 Å². The van der Waals surface area contributed by atoms with Gasteiger partial charge in [-0.1, -0.05) is 48.5 Å². The number of esters is 1. The van der Waals surface area contributed by atoms with Crippen LogP contribution in [0.5, 0.6) is 0 Å². The Morgan fingerprint density at radius 3 is 2.54 bits per heavy atom. The molecule has 1 aliphatic heterocycles. The van der Waals surface area contributed by atoms with E-state index in [0.29, 0.717) is 6.42 Å². The van der Waals surface area contributed by atoms with Gasteiger partial charge in [-0.2, -0.15) is 0 Å². The van der Waals surface area contributed by atoms with E-state index in [0.717, 1.165) is 35.0 Å². The van der Waals surface area contributed by atoms with Gasteiger partial charge in [-0.15, -0.1) is 0 Å². The molecule has 0 saturated carbocycles. The Balaban J connectivity index is 1.79. The minimum atomic E-state index is -0.602. The number of carbonyl (C=O) groups is 2. The molecule has 5 heteroatoms. The molecule has 0 bridgehead atoms. The van der Waals surface area contributed by atoms with Crippen LogP contribution in [0, 0.1) is 0 Å². The van der Waals surface area contributed by atoms with Crippen LogP contribution in [0.25, 0.3) is 10.9 Å². The van der Waals surface area contributed by atoms with Crippen LogP contribution in [0.3, 0.4) is 0 Å². The van der Waals surface area contributed by atoms with Gasteiger partial charge in [0.1, 0.15) is 6.04 Å². The number of carbonyl (C=O) groups excluding carboxylic acids is 2. The number of aryl methyl sites for hydroxylation is 1. The van der Waals surface area contributed by atoms with Gasteiger partial charge in [-0.05, 0) is 30.0 Å². The van der Waals surface area contributed by atoms with Crippen LogP contribution in [0.2, 0.25) is 0 Å². The van der Waals surface area contributed by atoms with E-state index in [-0.39, 0.29) is 17.9 Å². The van der Waals surface area contributed by atoms with Crippen LogP contribution < -0.4 is 0 Å². The molecule has 3 aromatic rings. The summed E-state index contributed by atoms with van der Waals surface area (Å²) in [5.74, 6) is -0.478. The third-order valence-electron chi connectivity index (χ3n) is 5.64. The maximum atomic E-state index is 12.6. The zero-order chi connectivity index (χ0) is 19.7. The van der Waals surface area contributed by atoms with E-state index in [9.17, 15) is 9.59 Å². The van der Waals surface area contributed by atoms with Crippen molar-refractivity contribution in [3.8, 4) is 0 Å². The SMILES string of the molecule is COC(=O)[C@@H]1Cc2c([nH]c3ccccc23)C(CCc2ccccc2)N1C(C)=O. The van der Waals surface area contributed by atoms with E-state index in [4.69, 9.17) is 4.74 Å². The predicted octanol–water partition coefficient (Wildman–Crippen LogP) is 3.79. The highest BCUT2D eigenvalue weighted by Gasteiger charge is 2.41. The van der Waals surface area contributed by atoms with Crippen molar-refractivity contribution in [3.05, 3.63) is 71.4 Å². The van der Waals surface area contributed by atoms with E-state index in [2.05, 4.69) is 23.2 Å². The van der Waals surface area contributed by atoms with Gasteiger partial charge in [-0.25, -0.2) is 4.79 Å². The summed E-state index contributed by atoms with van der Waals surface area (Å²) in [6.07, 6.45) is 2.02. The summed E-state index contributed by atoms with van der Waals surface area (Å²) in [4.78, 5) is 30.3. The molecule has 28 heavy (non-hydrogen) atoms. The third-order valence-corrected chi connectivity index (χ3v) is 5.64. The summed E-state index contributed by atoms with van der Waals surface area (Å²) < 4.78 is 5.04. The number of hydrogen-bond donors (Lipinski definition) is 1. The number of aromatic amines is 1. The molecular weight excluding hydrogens is 352 g/mol. The van der Waals surface area contributed by atoms with Crippen molar-refractivity contribution in [2.75, 3.05) is 7.11 Å². The average molecular weight is 376 g/mol. The molecule has 0 spiro atoms. The van der Waals surface area contributed by atoms with Gasteiger partial charge in [0, 0.05) is 29.9 Å². The molecule has 1 aliphatic rings. The lowest BCUT2D eigenvalue weighted by Crippen LogP contribution is -2.51. The molecule has 0 radical (unpaired) electrons. The Bertz CT molecular complexity index is 1010. The summed E-state index contributed by atoms with van der Waals surface area (Å²) in [5, 5.41) is 1.11. The predicted molar refractivity (Wildman–Crippen MR) is 108 cm³/mol. The number of aromatic nitrogens is 1. The highest BCUT2D eigenvalue weighted by molar-refractivity contribution is 5.89. The fraction of sp³-hybridized carbons (Fsp3) is 0.304. The third kappa shape index (κ3) is 3.17. The molecule has 1 aromatic heterocycles. The second kappa shape index (κ2) is 7.50. The number of fused-ring (bicyclic) bond motifs is 3. The highest BCUT2D eigenvalue weighted by Crippen LogP contribution is 2.39.